The van der Waals surface area contributed by atoms with Gasteiger partial charge in [-0.05, 0) is 49.3 Å². The lowest BCUT2D eigenvalue weighted by Crippen LogP contribution is -2.52. The summed E-state index contributed by atoms with van der Waals surface area (Å²) in [7, 11) is 0. The zero-order chi connectivity index (χ0) is 21.6. The van der Waals surface area contributed by atoms with Crippen LogP contribution in [0.3, 0.4) is 0 Å². The molecule has 4 rings (SSSR count). The summed E-state index contributed by atoms with van der Waals surface area (Å²) in [6.45, 7) is 6.19. The third-order valence-corrected chi connectivity index (χ3v) is 6.65. The van der Waals surface area contributed by atoms with Crippen LogP contribution in [0.2, 0.25) is 0 Å². The van der Waals surface area contributed by atoms with Crippen LogP contribution in [0.25, 0.3) is 0 Å². The molecular formula is C25H34N4O2. The summed E-state index contributed by atoms with van der Waals surface area (Å²) in [5, 5.41) is 3.21. The number of nitrogens with zero attached hydrogens (tertiary/aromatic N) is 3. The molecule has 0 radical (unpaired) electrons. The van der Waals surface area contributed by atoms with E-state index in [2.05, 4.69) is 29.3 Å². The van der Waals surface area contributed by atoms with Gasteiger partial charge in [-0.3, -0.25) is 14.5 Å². The fraction of sp³-hybridized carbons (Fsp3) is 0.520. The SMILES string of the molecule is CC1CCC(NC(=O)CN2CCN(C(=O)c3cccn3Cc3ccccc3)CC2)CC1. The second-order valence-corrected chi connectivity index (χ2v) is 9.10. The summed E-state index contributed by atoms with van der Waals surface area (Å²) < 4.78 is 2.02. The van der Waals surface area contributed by atoms with Crippen LogP contribution >= 0.6 is 0 Å². The van der Waals surface area contributed by atoms with Crippen molar-refractivity contribution in [3.05, 3.63) is 59.9 Å². The van der Waals surface area contributed by atoms with Gasteiger partial charge in [0.15, 0.2) is 0 Å². The maximum atomic E-state index is 13.1. The molecule has 2 heterocycles. The molecule has 0 spiro atoms. The van der Waals surface area contributed by atoms with Crippen LogP contribution in [0, 0.1) is 5.92 Å². The zero-order valence-electron chi connectivity index (χ0n) is 18.5. The normalized spacial score (nSPS) is 22.3. The van der Waals surface area contributed by atoms with E-state index in [4.69, 9.17) is 0 Å². The Kier molecular flexibility index (Phi) is 7.07. The first-order valence-electron chi connectivity index (χ1n) is 11.6. The Bertz CT molecular complexity index is 863. The smallest absolute Gasteiger partial charge is 0.270 e. The number of rotatable bonds is 6. The summed E-state index contributed by atoms with van der Waals surface area (Å²) >= 11 is 0. The van der Waals surface area contributed by atoms with Crippen molar-refractivity contribution in [3.8, 4) is 0 Å². The Labute approximate surface area is 185 Å². The first kappa shape index (κ1) is 21.6. The molecule has 1 saturated carbocycles. The van der Waals surface area contributed by atoms with Crippen LogP contribution in [-0.4, -0.2) is 64.9 Å². The van der Waals surface area contributed by atoms with Crippen molar-refractivity contribution in [3.63, 3.8) is 0 Å². The fourth-order valence-corrected chi connectivity index (χ4v) is 4.68. The van der Waals surface area contributed by atoms with Gasteiger partial charge in [0.05, 0.1) is 6.54 Å². The molecule has 166 valence electrons. The molecule has 0 bridgehead atoms. The molecule has 31 heavy (non-hydrogen) atoms. The minimum atomic E-state index is 0.0707. The van der Waals surface area contributed by atoms with Crippen molar-refractivity contribution in [1.29, 1.82) is 0 Å². The topological polar surface area (TPSA) is 57.6 Å². The van der Waals surface area contributed by atoms with E-state index in [0.717, 1.165) is 37.5 Å². The number of hydrogen-bond donors (Lipinski definition) is 1. The third-order valence-electron chi connectivity index (χ3n) is 6.65. The number of aromatic nitrogens is 1. The van der Waals surface area contributed by atoms with Crippen LogP contribution in [0.4, 0.5) is 0 Å². The number of piperazine rings is 1. The van der Waals surface area contributed by atoms with Gasteiger partial charge in [0, 0.05) is 45.0 Å². The Hall–Kier alpha value is -2.60. The molecule has 1 aromatic carbocycles. The monoisotopic (exact) mass is 422 g/mol. The van der Waals surface area contributed by atoms with Gasteiger partial charge < -0.3 is 14.8 Å². The van der Waals surface area contributed by atoms with E-state index in [1.807, 2.05) is 46.0 Å². The lowest BCUT2D eigenvalue weighted by Gasteiger charge is -2.35. The molecular weight excluding hydrogens is 388 g/mol. The van der Waals surface area contributed by atoms with Crippen LogP contribution in [0.5, 0.6) is 0 Å². The predicted octanol–water partition coefficient (Wildman–Crippen LogP) is 2.99. The van der Waals surface area contributed by atoms with E-state index >= 15 is 0 Å². The largest absolute Gasteiger partial charge is 0.352 e. The molecule has 1 saturated heterocycles. The molecule has 2 aliphatic rings. The van der Waals surface area contributed by atoms with Gasteiger partial charge in [-0.15, -0.1) is 0 Å². The van der Waals surface area contributed by atoms with Gasteiger partial charge in [0.2, 0.25) is 5.91 Å². The predicted molar refractivity (Wildman–Crippen MR) is 122 cm³/mol. The maximum Gasteiger partial charge on any atom is 0.270 e. The van der Waals surface area contributed by atoms with Gasteiger partial charge in [-0.25, -0.2) is 0 Å². The number of carbonyl (C=O) groups excluding carboxylic acids is 2. The Morgan fingerprint density at radius 3 is 2.35 bits per heavy atom. The van der Waals surface area contributed by atoms with Crippen LogP contribution < -0.4 is 5.32 Å². The summed E-state index contributed by atoms with van der Waals surface area (Å²) in [5.41, 5.74) is 1.90. The maximum absolute atomic E-state index is 13.1. The lowest BCUT2D eigenvalue weighted by atomic mass is 9.87. The molecule has 2 amide bonds. The average molecular weight is 423 g/mol. The molecule has 0 atom stereocenters. The first-order chi connectivity index (χ1) is 15.1. The van der Waals surface area contributed by atoms with Crippen molar-refractivity contribution in [2.75, 3.05) is 32.7 Å². The first-order valence-corrected chi connectivity index (χ1v) is 11.6. The molecule has 6 heteroatoms. The molecule has 0 unspecified atom stereocenters. The van der Waals surface area contributed by atoms with Gasteiger partial charge in [-0.2, -0.15) is 0 Å². The van der Waals surface area contributed by atoms with Crippen LogP contribution in [-0.2, 0) is 11.3 Å². The minimum absolute atomic E-state index is 0.0707. The second-order valence-electron chi connectivity index (χ2n) is 9.10. The highest BCUT2D eigenvalue weighted by Crippen LogP contribution is 2.23. The Balaban J connectivity index is 1.25. The number of carbonyl (C=O) groups is 2. The zero-order valence-corrected chi connectivity index (χ0v) is 18.5. The molecule has 1 aliphatic carbocycles. The van der Waals surface area contributed by atoms with E-state index in [9.17, 15) is 9.59 Å². The third kappa shape index (κ3) is 5.76. The van der Waals surface area contributed by atoms with E-state index in [-0.39, 0.29) is 11.8 Å². The quantitative estimate of drug-likeness (QED) is 0.779. The van der Waals surface area contributed by atoms with Gasteiger partial charge in [0.25, 0.3) is 5.91 Å². The average Bonchev–Trinajstić information content (AvgIpc) is 3.24. The fourth-order valence-electron chi connectivity index (χ4n) is 4.68. The number of nitrogens with one attached hydrogen (secondary N) is 1. The van der Waals surface area contributed by atoms with E-state index in [1.54, 1.807) is 0 Å². The second kappa shape index (κ2) is 10.1. The molecule has 2 aromatic rings. The molecule has 1 aromatic heterocycles. The van der Waals surface area contributed by atoms with Crippen molar-refractivity contribution in [1.82, 2.24) is 19.7 Å². The van der Waals surface area contributed by atoms with E-state index in [1.165, 1.54) is 18.4 Å². The van der Waals surface area contributed by atoms with Gasteiger partial charge in [0.1, 0.15) is 5.69 Å². The summed E-state index contributed by atoms with van der Waals surface area (Å²) in [6.07, 6.45) is 6.57. The Morgan fingerprint density at radius 1 is 0.935 bits per heavy atom. The lowest BCUT2D eigenvalue weighted by molar-refractivity contribution is -0.123. The summed E-state index contributed by atoms with van der Waals surface area (Å²) in [5.74, 6) is 0.977. The van der Waals surface area contributed by atoms with Crippen LogP contribution in [0.1, 0.15) is 48.7 Å². The molecule has 2 fully saturated rings. The van der Waals surface area contributed by atoms with Crippen molar-refractivity contribution in [2.45, 2.75) is 45.2 Å². The number of hydrogen-bond acceptors (Lipinski definition) is 3. The van der Waals surface area contributed by atoms with E-state index < -0.39 is 0 Å². The number of benzene rings is 1. The minimum Gasteiger partial charge on any atom is -0.352 e. The number of amides is 2. The van der Waals surface area contributed by atoms with Crippen molar-refractivity contribution in [2.24, 2.45) is 5.92 Å². The highest BCUT2D eigenvalue weighted by molar-refractivity contribution is 5.93. The highest BCUT2D eigenvalue weighted by Gasteiger charge is 2.26. The summed E-state index contributed by atoms with van der Waals surface area (Å²) in [6, 6.07) is 14.4. The molecule has 1 aliphatic heterocycles. The highest BCUT2D eigenvalue weighted by atomic mass is 16.2. The summed E-state index contributed by atoms with van der Waals surface area (Å²) in [4.78, 5) is 29.6. The van der Waals surface area contributed by atoms with Crippen molar-refractivity contribution < 1.29 is 9.59 Å². The van der Waals surface area contributed by atoms with Gasteiger partial charge >= 0.3 is 0 Å². The van der Waals surface area contributed by atoms with Crippen LogP contribution in [0.15, 0.2) is 48.7 Å². The van der Waals surface area contributed by atoms with Gasteiger partial charge in [-0.1, -0.05) is 37.3 Å². The molecule has 6 nitrogen and oxygen atoms in total. The van der Waals surface area contributed by atoms with Crippen molar-refractivity contribution >= 4 is 11.8 Å². The Morgan fingerprint density at radius 2 is 1.65 bits per heavy atom. The standard InChI is InChI=1S/C25H34N4O2/c1-20-9-11-22(12-10-20)26-24(30)19-27-14-16-28(17-15-27)25(31)23-8-5-13-29(23)18-21-6-3-2-4-7-21/h2-8,13,20,22H,9-12,14-19H2,1H3,(H,26,30). The van der Waals surface area contributed by atoms with E-state index in [0.29, 0.717) is 32.2 Å². The molecule has 1 N–H and O–H groups in total.